The van der Waals surface area contributed by atoms with E-state index in [1.807, 2.05) is 12.1 Å². The molecule has 4 heterocycles. The Bertz CT molecular complexity index is 1550. The molecule has 4 aromatic rings. The summed E-state index contributed by atoms with van der Waals surface area (Å²) in [5.74, 6) is 0. The third-order valence-electron chi connectivity index (χ3n) is 7.77. The molecule has 0 radical (unpaired) electrons. The van der Waals surface area contributed by atoms with Gasteiger partial charge in [0.15, 0.2) is 5.43 Å². The first-order valence-electron chi connectivity index (χ1n) is 12.6. The van der Waals surface area contributed by atoms with E-state index < -0.39 is 0 Å². The predicted molar refractivity (Wildman–Crippen MR) is 140 cm³/mol. The zero-order chi connectivity index (χ0) is 24.3. The summed E-state index contributed by atoms with van der Waals surface area (Å²) in [6, 6.07) is 12.8. The number of anilines is 1. The maximum atomic E-state index is 13.9. The SMILES string of the molecule is CCc1cc2c(=O)c3c4ccc(C#N)cc4[nH]c3n(C(C)C)c2cc1N1CCN(C2COC2)CC1. The van der Waals surface area contributed by atoms with Gasteiger partial charge in [0.1, 0.15) is 5.65 Å². The first-order chi connectivity index (χ1) is 17.0. The van der Waals surface area contributed by atoms with Gasteiger partial charge in [-0.15, -0.1) is 0 Å². The fourth-order valence-electron chi connectivity index (χ4n) is 5.80. The Labute approximate surface area is 204 Å². The van der Waals surface area contributed by atoms with E-state index in [1.165, 1.54) is 11.3 Å². The lowest BCUT2D eigenvalue weighted by Gasteiger charge is -2.43. The van der Waals surface area contributed by atoms with Gasteiger partial charge in [0.25, 0.3) is 0 Å². The minimum absolute atomic E-state index is 0.0545. The van der Waals surface area contributed by atoms with Crippen molar-refractivity contribution >= 4 is 38.5 Å². The average molecular weight is 470 g/mol. The molecule has 0 saturated carbocycles. The molecular weight excluding hydrogens is 438 g/mol. The van der Waals surface area contributed by atoms with Gasteiger partial charge in [0.05, 0.1) is 41.8 Å². The molecule has 0 spiro atoms. The zero-order valence-corrected chi connectivity index (χ0v) is 20.6. The van der Waals surface area contributed by atoms with Crippen LogP contribution in [0.4, 0.5) is 5.69 Å². The number of aromatic amines is 1. The lowest BCUT2D eigenvalue weighted by atomic mass is 10.0. The Balaban J connectivity index is 1.54. The maximum Gasteiger partial charge on any atom is 0.199 e. The van der Waals surface area contributed by atoms with Crippen molar-refractivity contribution in [3.8, 4) is 6.07 Å². The summed E-state index contributed by atoms with van der Waals surface area (Å²) < 4.78 is 7.65. The molecule has 0 unspecified atom stereocenters. The molecule has 7 nitrogen and oxygen atoms in total. The summed E-state index contributed by atoms with van der Waals surface area (Å²) in [5, 5.41) is 11.7. The molecule has 6 rings (SSSR count). The van der Waals surface area contributed by atoms with Gasteiger partial charge in [0, 0.05) is 54.2 Å². The van der Waals surface area contributed by atoms with E-state index in [1.54, 1.807) is 6.07 Å². The number of nitriles is 1. The van der Waals surface area contributed by atoms with E-state index in [9.17, 15) is 10.1 Å². The molecule has 2 saturated heterocycles. The van der Waals surface area contributed by atoms with Crippen LogP contribution in [0, 0.1) is 11.3 Å². The van der Waals surface area contributed by atoms with Gasteiger partial charge in [-0.2, -0.15) is 5.26 Å². The van der Waals surface area contributed by atoms with Crippen molar-refractivity contribution in [2.45, 2.75) is 39.3 Å². The summed E-state index contributed by atoms with van der Waals surface area (Å²) >= 11 is 0. The lowest BCUT2D eigenvalue weighted by molar-refractivity contribution is -0.0660. The molecule has 1 N–H and O–H groups in total. The number of hydrogen-bond donors (Lipinski definition) is 1. The largest absolute Gasteiger partial charge is 0.378 e. The quantitative estimate of drug-likeness (QED) is 0.485. The zero-order valence-electron chi connectivity index (χ0n) is 20.6. The Hall–Kier alpha value is -3.34. The predicted octanol–water partition coefficient (Wildman–Crippen LogP) is 4.17. The van der Waals surface area contributed by atoms with Crippen molar-refractivity contribution in [1.29, 1.82) is 5.26 Å². The Morgan fingerprint density at radius 3 is 2.51 bits per heavy atom. The molecule has 0 atom stereocenters. The van der Waals surface area contributed by atoms with Crippen molar-refractivity contribution < 1.29 is 4.74 Å². The van der Waals surface area contributed by atoms with E-state index in [0.717, 1.165) is 73.3 Å². The first-order valence-corrected chi connectivity index (χ1v) is 12.6. The minimum atomic E-state index is 0.0545. The van der Waals surface area contributed by atoms with E-state index in [4.69, 9.17) is 4.74 Å². The second-order valence-corrected chi connectivity index (χ2v) is 10.1. The van der Waals surface area contributed by atoms with Crippen molar-refractivity contribution in [3.05, 3.63) is 51.7 Å². The second-order valence-electron chi connectivity index (χ2n) is 10.1. The molecule has 2 fully saturated rings. The van der Waals surface area contributed by atoms with Crippen LogP contribution < -0.4 is 10.3 Å². The van der Waals surface area contributed by atoms with Crippen LogP contribution in [0.1, 0.15) is 37.9 Å². The first kappa shape index (κ1) is 22.1. The van der Waals surface area contributed by atoms with Gasteiger partial charge < -0.3 is 19.2 Å². The normalized spacial score (nSPS) is 17.5. The van der Waals surface area contributed by atoms with Crippen LogP contribution in [-0.4, -0.2) is 59.9 Å². The summed E-state index contributed by atoms with van der Waals surface area (Å²) in [4.78, 5) is 22.4. The third kappa shape index (κ3) is 3.43. The van der Waals surface area contributed by atoms with E-state index >= 15 is 0 Å². The second kappa shape index (κ2) is 8.40. The Morgan fingerprint density at radius 2 is 1.89 bits per heavy atom. The fourth-order valence-corrected chi connectivity index (χ4v) is 5.80. The fraction of sp³-hybridized carbons (Fsp3) is 0.429. The van der Waals surface area contributed by atoms with Crippen LogP contribution in [0.5, 0.6) is 0 Å². The van der Waals surface area contributed by atoms with Gasteiger partial charge in [-0.05, 0) is 50.1 Å². The van der Waals surface area contributed by atoms with Crippen LogP contribution in [0.25, 0.3) is 32.8 Å². The molecule has 180 valence electrons. The summed E-state index contributed by atoms with van der Waals surface area (Å²) in [6.45, 7) is 12.2. The van der Waals surface area contributed by atoms with Gasteiger partial charge in [-0.1, -0.05) is 13.0 Å². The molecule has 2 aliphatic rings. The summed E-state index contributed by atoms with van der Waals surface area (Å²) in [7, 11) is 0. The molecular formula is C28H31N5O2. The van der Waals surface area contributed by atoms with Crippen LogP contribution in [0.15, 0.2) is 35.1 Å². The number of nitrogens with zero attached hydrogens (tertiary/aromatic N) is 4. The molecule has 2 aliphatic heterocycles. The number of aromatic nitrogens is 2. The van der Waals surface area contributed by atoms with Crippen molar-refractivity contribution in [2.75, 3.05) is 44.3 Å². The topological polar surface area (TPSA) is 77.3 Å². The highest BCUT2D eigenvalue weighted by molar-refractivity contribution is 6.10. The maximum absolute atomic E-state index is 13.9. The number of pyridine rings is 1. The van der Waals surface area contributed by atoms with Gasteiger partial charge in [-0.3, -0.25) is 9.69 Å². The molecule has 7 heteroatoms. The van der Waals surface area contributed by atoms with Gasteiger partial charge in [-0.25, -0.2) is 0 Å². The number of piperazine rings is 1. The number of hydrogen-bond acceptors (Lipinski definition) is 5. The summed E-state index contributed by atoms with van der Waals surface area (Å²) in [6.07, 6.45) is 0.876. The lowest BCUT2D eigenvalue weighted by Crippen LogP contribution is -2.56. The number of ether oxygens (including phenoxy) is 1. The van der Waals surface area contributed by atoms with Crippen molar-refractivity contribution in [2.24, 2.45) is 0 Å². The molecule has 2 aromatic heterocycles. The smallest absolute Gasteiger partial charge is 0.199 e. The average Bonchev–Trinajstić information content (AvgIpc) is 3.21. The number of rotatable bonds is 4. The Morgan fingerprint density at radius 1 is 1.11 bits per heavy atom. The highest BCUT2D eigenvalue weighted by Crippen LogP contribution is 2.33. The highest BCUT2D eigenvalue weighted by atomic mass is 16.5. The number of H-pyrrole nitrogens is 1. The number of fused-ring (bicyclic) bond motifs is 4. The number of nitrogens with one attached hydrogen (secondary N) is 1. The van der Waals surface area contributed by atoms with Gasteiger partial charge in [0.2, 0.25) is 0 Å². The van der Waals surface area contributed by atoms with E-state index in [-0.39, 0.29) is 11.5 Å². The van der Waals surface area contributed by atoms with Crippen LogP contribution in [0.3, 0.4) is 0 Å². The molecule has 0 bridgehead atoms. The highest BCUT2D eigenvalue weighted by Gasteiger charge is 2.30. The number of aryl methyl sites for hydroxylation is 1. The number of benzene rings is 2. The van der Waals surface area contributed by atoms with Crippen LogP contribution in [-0.2, 0) is 11.2 Å². The Kier molecular flexibility index (Phi) is 5.32. The molecule has 0 aliphatic carbocycles. The monoisotopic (exact) mass is 469 g/mol. The molecule has 0 amide bonds. The van der Waals surface area contributed by atoms with Crippen molar-refractivity contribution in [3.63, 3.8) is 0 Å². The van der Waals surface area contributed by atoms with Gasteiger partial charge >= 0.3 is 0 Å². The summed E-state index contributed by atoms with van der Waals surface area (Å²) in [5.41, 5.74) is 5.71. The van der Waals surface area contributed by atoms with E-state index in [0.29, 0.717) is 17.0 Å². The third-order valence-corrected chi connectivity index (χ3v) is 7.77. The molecule has 35 heavy (non-hydrogen) atoms. The van der Waals surface area contributed by atoms with Crippen LogP contribution in [0.2, 0.25) is 0 Å². The van der Waals surface area contributed by atoms with E-state index in [2.05, 4.69) is 58.3 Å². The van der Waals surface area contributed by atoms with Crippen LogP contribution >= 0.6 is 0 Å². The molecule has 2 aromatic carbocycles. The standard InChI is InChI=1S/C28H31N5O2/c1-4-19-12-22-25(13-24(19)32-9-7-31(8-10-32)20-15-35-16-20)33(17(2)3)28-26(27(22)34)21-6-5-18(14-29)11-23(21)30-28/h5-6,11-13,17,20,30H,4,7-10,15-16H2,1-3H3. The van der Waals surface area contributed by atoms with Crippen molar-refractivity contribution in [1.82, 2.24) is 14.5 Å². The minimum Gasteiger partial charge on any atom is -0.378 e.